The summed E-state index contributed by atoms with van der Waals surface area (Å²) in [6, 6.07) is 26.3. The molecule has 0 aromatic heterocycles. The predicted octanol–water partition coefficient (Wildman–Crippen LogP) is 5.32. The van der Waals surface area contributed by atoms with Crippen LogP contribution in [0.25, 0.3) is 6.08 Å². The van der Waals surface area contributed by atoms with Crippen LogP contribution in [0.2, 0.25) is 0 Å². The average molecular weight is 512 g/mol. The van der Waals surface area contributed by atoms with Crippen molar-refractivity contribution < 1.29 is 19.1 Å². The van der Waals surface area contributed by atoms with Crippen LogP contribution in [-0.4, -0.2) is 35.9 Å². The van der Waals surface area contributed by atoms with Crippen LogP contribution < -0.4 is 10.5 Å². The Morgan fingerprint density at radius 2 is 1.50 bits per heavy atom. The molecule has 0 amide bonds. The Labute approximate surface area is 223 Å². The van der Waals surface area contributed by atoms with Crippen molar-refractivity contribution in [1.82, 2.24) is 4.90 Å². The van der Waals surface area contributed by atoms with Gasteiger partial charge in [-0.2, -0.15) is 0 Å². The maximum atomic E-state index is 12.6. The monoisotopic (exact) mass is 511 g/mol. The SMILES string of the molecule is N=C(N)N1CCC(CCC(=O)Oc2ccc(C=CC(=O)OC(c3ccccc3)c3ccccc3)cc2)CC1. The predicted molar refractivity (Wildman–Crippen MR) is 147 cm³/mol. The van der Waals surface area contributed by atoms with Gasteiger partial charge in [0.05, 0.1) is 0 Å². The molecule has 3 N–H and O–H groups in total. The standard InChI is InChI=1S/C31H33N3O4/c32-31(33)34-21-19-24(20-22-34)14-17-28(35)37-27-15-11-23(12-16-27)13-18-29(36)38-30(25-7-3-1-4-8-25)26-9-5-2-6-10-26/h1-13,15-16,18,24,30H,14,17,19-22H2,(H3,32,33). The molecule has 0 atom stereocenters. The molecule has 0 radical (unpaired) electrons. The van der Waals surface area contributed by atoms with E-state index in [0.717, 1.165) is 49.0 Å². The molecule has 1 aliphatic heterocycles. The number of nitrogens with zero attached hydrogens (tertiary/aromatic N) is 1. The van der Waals surface area contributed by atoms with Crippen LogP contribution in [0.15, 0.2) is 91.0 Å². The molecule has 0 saturated carbocycles. The van der Waals surface area contributed by atoms with Gasteiger partial charge >= 0.3 is 11.9 Å². The highest BCUT2D eigenvalue weighted by Crippen LogP contribution is 2.26. The van der Waals surface area contributed by atoms with Crippen molar-refractivity contribution >= 4 is 24.0 Å². The summed E-state index contributed by atoms with van der Waals surface area (Å²) in [5.41, 5.74) is 8.12. The molecule has 1 aliphatic rings. The fourth-order valence-electron chi connectivity index (χ4n) is 4.52. The van der Waals surface area contributed by atoms with E-state index < -0.39 is 12.1 Å². The van der Waals surface area contributed by atoms with Crippen LogP contribution >= 0.6 is 0 Å². The van der Waals surface area contributed by atoms with Crippen molar-refractivity contribution in [3.05, 3.63) is 108 Å². The van der Waals surface area contributed by atoms with Crippen LogP contribution in [0.3, 0.4) is 0 Å². The molecule has 1 heterocycles. The number of ether oxygens (including phenoxy) is 2. The zero-order valence-corrected chi connectivity index (χ0v) is 21.3. The van der Waals surface area contributed by atoms with E-state index in [1.807, 2.05) is 65.6 Å². The first-order valence-electron chi connectivity index (χ1n) is 12.9. The van der Waals surface area contributed by atoms with Gasteiger partial charge < -0.3 is 20.1 Å². The highest BCUT2D eigenvalue weighted by molar-refractivity contribution is 5.87. The Kier molecular flexibility index (Phi) is 9.29. The van der Waals surface area contributed by atoms with Crippen molar-refractivity contribution in [2.75, 3.05) is 13.1 Å². The van der Waals surface area contributed by atoms with Crippen LogP contribution in [0.4, 0.5) is 0 Å². The van der Waals surface area contributed by atoms with E-state index in [9.17, 15) is 9.59 Å². The molecule has 7 heteroatoms. The molecular weight excluding hydrogens is 478 g/mol. The van der Waals surface area contributed by atoms with Crippen molar-refractivity contribution in [2.45, 2.75) is 31.8 Å². The van der Waals surface area contributed by atoms with E-state index in [0.29, 0.717) is 18.1 Å². The zero-order chi connectivity index (χ0) is 26.7. The lowest BCUT2D eigenvalue weighted by molar-refractivity contribution is -0.141. The van der Waals surface area contributed by atoms with Crippen molar-refractivity contribution in [3.63, 3.8) is 0 Å². The minimum Gasteiger partial charge on any atom is -0.449 e. The number of likely N-dealkylation sites (tertiary alicyclic amines) is 1. The fraction of sp³-hybridized carbons (Fsp3) is 0.258. The van der Waals surface area contributed by atoms with Gasteiger partial charge in [0, 0.05) is 25.6 Å². The number of rotatable bonds is 9. The smallest absolute Gasteiger partial charge is 0.331 e. The lowest BCUT2D eigenvalue weighted by Crippen LogP contribution is -2.42. The van der Waals surface area contributed by atoms with Crippen LogP contribution in [0, 0.1) is 11.3 Å². The van der Waals surface area contributed by atoms with Gasteiger partial charge in [-0.1, -0.05) is 72.8 Å². The lowest BCUT2D eigenvalue weighted by Gasteiger charge is -2.31. The van der Waals surface area contributed by atoms with Crippen LogP contribution in [-0.2, 0) is 14.3 Å². The number of carbonyl (C=O) groups is 2. The Hall–Kier alpha value is -4.39. The molecule has 0 aliphatic carbocycles. The summed E-state index contributed by atoms with van der Waals surface area (Å²) in [5.74, 6) is 0.302. The summed E-state index contributed by atoms with van der Waals surface area (Å²) in [7, 11) is 0. The quantitative estimate of drug-likeness (QED) is 0.132. The number of carbonyl (C=O) groups excluding carboxylic acids is 2. The number of nitrogens with one attached hydrogen (secondary N) is 1. The molecule has 196 valence electrons. The number of benzene rings is 3. The fourth-order valence-corrected chi connectivity index (χ4v) is 4.52. The number of hydrogen-bond donors (Lipinski definition) is 2. The zero-order valence-electron chi connectivity index (χ0n) is 21.3. The van der Waals surface area contributed by atoms with Gasteiger partial charge in [-0.15, -0.1) is 0 Å². The van der Waals surface area contributed by atoms with E-state index in [1.165, 1.54) is 6.08 Å². The Balaban J connectivity index is 1.26. The van der Waals surface area contributed by atoms with Gasteiger partial charge in [0.1, 0.15) is 5.75 Å². The molecule has 3 aromatic carbocycles. The first kappa shape index (κ1) is 26.7. The van der Waals surface area contributed by atoms with E-state index in [2.05, 4.69) is 0 Å². The third kappa shape index (κ3) is 7.80. The molecule has 1 fully saturated rings. The molecule has 1 saturated heterocycles. The Morgan fingerprint density at radius 3 is 2.05 bits per heavy atom. The minimum atomic E-state index is -0.502. The topological polar surface area (TPSA) is 106 Å². The molecule has 0 bridgehead atoms. The van der Waals surface area contributed by atoms with E-state index in [-0.39, 0.29) is 11.9 Å². The second-order valence-electron chi connectivity index (χ2n) is 9.37. The largest absolute Gasteiger partial charge is 0.449 e. The van der Waals surface area contributed by atoms with Crippen LogP contribution in [0.1, 0.15) is 48.5 Å². The van der Waals surface area contributed by atoms with Crippen molar-refractivity contribution in [3.8, 4) is 5.75 Å². The van der Waals surface area contributed by atoms with Gasteiger partial charge in [0.25, 0.3) is 0 Å². The summed E-state index contributed by atoms with van der Waals surface area (Å²) in [5, 5.41) is 7.51. The second-order valence-corrected chi connectivity index (χ2v) is 9.37. The Bertz CT molecular complexity index is 1200. The molecule has 0 unspecified atom stereocenters. The molecule has 0 spiro atoms. The first-order valence-corrected chi connectivity index (χ1v) is 12.9. The lowest BCUT2D eigenvalue weighted by atomic mass is 9.92. The average Bonchev–Trinajstić information content (AvgIpc) is 2.95. The summed E-state index contributed by atoms with van der Waals surface area (Å²) >= 11 is 0. The number of esters is 2. The maximum Gasteiger partial charge on any atom is 0.331 e. The number of nitrogens with two attached hydrogens (primary N) is 1. The summed E-state index contributed by atoms with van der Waals surface area (Å²) in [6.07, 6.45) is 5.54. The molecular formula is C31H33N3O4. The van der Waals surface area contributed by atoms with Gasteiger partial charge in [-0.25, -0.2) is 4.79 Å². The van der Waals surface area contributed by atoms with Gasteiger partial charge in [-0.05, 0) is 60.1 Å². The third-order valence-corrected chi connectivity index (χ3v) is 6.67. The van der Waals surface area contributed by atoms with Gasteiger partial charge in [-0.3, -0.25) is 10.2 Å². The number of hydrogen-bond acceptors (Lipinski definition) is 5. The second kappa shape index (κ2) is 13.2. The van der Waals surface area contributed by atoms with E-state index in [1.54, 1.807) is 30.3 Å². The maximum absolute atomic E-state index is 12.6. The van der Waals surface area contributed by atoms with Gasteiger partial charge in [0.15, 0.2) is 12.1 Å². The van der Waals surface area contributed by atoms with Crippen LogP contribution in [0.5, 0.6) is 5.75 Å². The van der Waals surface area contributed by atoms with Gasteiger partial charge in [0.2, 0.25) is 0 Å². The van der Waals surface area contributed by atoms with Crippen molar-refractivity contribution in [2.24, 2.45) is 11.7 Å². The normalized spacial score (nSPS) is 14.0. The highest BCUT2D eigenvalue weighted by atomic mass is 16.5. The summed E-state index contributed by atoms with van der Waals surface area (Å²) in [6.45, 7) is 1.52. The van der Waals surface area contributed by atoms with E-state index >= 15 is 0 Å². The van der Waals surface area contributed by atoms with E-state index in [4.69, 9.17) is 20.6 Å². The first-order chi connectivity index (χ1) is 18.5. The summed E-state index contributed by atoms with van der Waals surface area (Å²) in [4.78, 5) is 26.8. The molecule has 3 aromatic rings. The highest BCUT2D eigenvalue weighted by Gasteiger charge is 2.21. The van der Waals surface area contributed by atoms with Crippen molar-refractivity contribution in [1.29, 1.82) is 5.41 Å². The molecule has 4 rings (SSSR count). The third-order valence-electron chi connectivity index (χ3n) is 6.67. The summed E-state index contributed by atoms with van der Waals surface area (Å²) < 4.78 is 11.3. The number of piperidine rings is 1. The minimum absolute atomic E-state index is 0.113. The molecule has 7 nitrogen and oxygen atoms in total. The number of guanidine groups is 1. The Morgan fingerprint density at radius 1 is 0.921 bits per heavy atom. The molecule has 38 heavy (non-hydrogen) atoms.